The van der Waals surface area contributed by atoms with E-state index >= 15 is 0 Å². The molecule has 0 saturated carbocycles. The van der Waals surface area contributed by atoms with Crippen LogP contribution in [0, 0.1) is 5.82 Å². The van der Waals surface area contributed by atoms with Crippen LogP contribution in [-0.2, 0) is 21.3 Å². The molecule has 8 heteroatoms. The Balaban J connectivity index is 2.06. The highest BCUT2D eigenvalue weighted by molar-refractivity contribution is 7.90. The molecule has 0 spiro atoms. The summed E-state index contributed by atoms with van der Waals surface area (Å²) < 4.78 is 47.4. The second kappa shape index (κ2) is 9.80. The number of halogens is 1. The van der Waals surface area contributed by atoms with Gasteiger partial charge in [-0.25, -0.2) is 16.8 Å². The van der Waals surface area contributed by atoms with Crippen LogP contribution in [0.5, 0.6) is 0 Å². The molecule has 0 aliphatic heterocycles. The monoisotopic (exact) mass is 429 g/mol. The largest absolute Gasteiger partial charge is 0.384 e. The molecule has 0 aliphatic carbocycles. The fourth-order valence-corrected chi connectivity index (χ4v) is 4.44. The minimum atomic E-state index is -3.99. The van der Waals surface area contributed by atoms with Crippen molar-refractivity contribution < 1.29 is 17.5 Å². The van der Waals surface area contributed by atoms with Crippen molar-refractivity contribution in [2.24, 2.45) is 0 Å². The van der Waals surface area contributed by atoms with Gasteiger partial charge in [-0.1, -0.05) is 24.3 Å². The van der Waals surface area contributed by atoms with Crippen LogP contribution >= 0.6 is 0 Å². The van der Waals surface area contributed by atoms with E-state index < -0.39 is 15.8 Å². The minimum absolute atomic E-state index is 0.0283. The number of hydrogen-bond acceptors (Lipinski definition) is 5. The maximum atomic E-state index is 14.5. The van der Waals surface area contributed by atoms with E-state index in [1.54, 1.807) is 56.8 Å². The van der Waals surface area contributed by atoms with Gasteiger partial charge in [0.1, 0.15) is 10.7 Å². The molecule has 0 radical (unpaired) electrons. The predicted octanol–water partition coefficient (Wildman–Crippen LogP) is 3.70. The van der Waals surface area contributed by atoms with Crippen LogP contribution < -0.4 is 5.32 Å². The van der Waals surface area contributed by atoms with Crippen molar-refractivity contribution in [3.63, 3.8) is 0 Å². The summed E-state index contributed by atoms with van der Waals surface area (Å²) in [4.78, 5) is 4.11. The van der Waals surface area contributed by atoms with E-state index in [9.17, 15) is 12.8 Å². The molecule has 0 bridgehead atoms. The summed E-state index contributed by atoms with van der Waals surface area (Å²) in [5.41, 5.74) is 1.86. The maximum absolute atomic E-state index is 14.5. The number of pyridine rings is 1. The third kappa shape index (κ3) is 4.84. The van der Waals surface area contributed by atoms with E-state index in [2.05, 4.69) is 10.3 Å². The Morgan fingerprint density at radius 1 is 1.23 bits per heavy atom. The normalized spacial score (nSPS) is 12.0. The second-order valence-electron chi connectivity index (χ2n) is 6.68. The van der Waals surface area contributed by atoms with Gasteiger partial charge < -0.3 is 10.1 Å². The fourth-order valence-electron chi connectivity index (χ4n) is 3.05. The summed E-state index contributed by atoms with van der Waals surface area (Å²) in [6.45, 7) is 1.02. The number of nitrogens with one attached hydrogen (secondary N) is 1. The molecule has 3 aromatic rings. The standard InChI is InChI=1S/C22H24FN3O3S/c1-24-13-18-12-22(20-8-3-4-9-21(20)23)26(16-18)30(27,28)19-11-17(14-25-15-19)7-5-6-10-29-2/h3-5,7-9,11-12,14-16,24H,6,10,13H2,1-2H3/b7-5+. The Kier molecular flexibility index (Phi) is 7.15. The first kappa shape index (κ1) is 21.9. The van der Waals surface area contributed by atoms with E-state index in [-0.39, 0.29) is 16.2 Å². The van der Waals surface area contributed by atoms with Gasteiger partial charge in [-0.2, -0.15) is 0 Å². The fraction of sp³-hybridized carbons (Fsp3) is 0.227. The number of benzene rings is 1. The lowest BCUT2D eigenvalue weighted by molar-refractivity contribution is 0.204. The van der Waals surface area contributed by atoms with Crippen LogP contribution in [0.1, 0.15) is 17.5 Å². The zero-order chi connectivity index (χ0) is 21.6. The average Bonchev–Trinajstić information content (AvgIpc) is 3.17. The topological polar surface area (TPSA) is 73.2 Å². The highest BCUT2D eigenvalue weighted by Gasteiger charge is 2.23. The van der Waals surface area contributed by atoms with Crippen molar-refractivity contribution >= 4 is 16.1 Å². The summed E-state index contributed by atoms with van der Waals surface area (Å²) in [5.74, 6) is -0.490. The number of aromatic nitrogens is 2. The van der Waals surface area contributed by atoms with Gasteiger partial charge in [-0.15, -0.1) is 0 Å². The van der Waals surface area contributed by atoms with Gasteiger partial charge in [0.2, 0.25) is 0 Å². The molecule has 0 amide bonds. The van der Waals surface area contributed by atoms with Gasteiger partial charge in [0.25, 0.3) is 10.0 Å². The SMILES string of the molecule is CNCc1cc(-c2ccccc2F)n(S(=O)(=O)c2cncc(/C=C/CCOC)c2)c1. The molecular formula is C22H24FN3O3S. The molecule has 1 aromatic carbocycles. The first-order valence-corrected chi connectivity index (χ1v) is 10.9. The number of rotatable bonds is 9. The highest BCUT2D eigenvalue weighted by atomic mass is 32.2. The van der Waals surface area contributed by atoms with E-state index in [1.807, 2.05) is 6.08 Å². The summed E-state index contributed by atoms with van der Waals surface area (Å²) in [6.07, 6.45) is 8.78. The van der Waals surface area contributed by atoms with Crippen LogP contribution in [0.3, 0.4) is 0 Å². The zero-order valence-electron chi connectivity index (χ0n) is 16.9. The Morgan fingerprint density at radius 2 is 2.03 bits per heavy atom. The first-order valence-electron chi connectivity index (χ1n) is 9.44. The van der Waals surface area contributed by atoms with Gasteiger partial charge in [0, 0.05) is 44.4 Å². The lowest BCUT2D eigenvalue weighted by Gasteiger charge is -2.11. The second-order valence-corrected chi connectivity index (χ2v) is 8.50. The van der Waals surface area contributed by atoms with E-state index in [4.69, 9.17) is 4.74 Å². The van der Waals surface area contributed by atoms with Gasteiger partial charge in [0.05, 0.1) is 5.69 Å². The van der Waals surface area contributed by atoms with Crippen molar-refractivity contribution in [3.8, 4) is 11.3 Å². The summed E-state index contributed by atoms with van der Waals surface area (Å²) in [7, 11) is -0.607. The molecule has 2 heterocycles. The Labute approximate surface area is 176 Å². The molecular weight excluding hydrogens is 405 g/mol. The van der Waals surface area contributed by atoms with Crippen LogP contribution in [0.2, 0.25) is 0 Å². The molecule has 2 aromatic heterocycles. The Morgan fingerprint density at radius 3 is 2.77 bits per heavy atom. The molecule has 1 N–H and O–H groups in total. The number of ether oxygens (including phenoxy) is 1. The van der Waals surface area contributed by atoms with Crippen molar-refractivity contribution in [1.29, 1.82) is 0 Å². The molecule has 30 heavy (non-hydrogen) atoms. The summed E-state index contributed by atoms with van der Waals surface area (Å²) in [5, 5.41) is 2.99. The van der Waals surface area contributed by atoms with Gasteiger partial charge in [-0.3, -0.25) is 4.98 Å². The van der Waals surface area contributed by atoms with Crippen molar-refractivity contribution in [1.82, 2.24) is 14.3 Å². The average molecular weight is 430 g/mol. The lowest BCUT2D eigenvalue weighted by atomic mass is 10.1. The van der Waals surface area contributed by atoms with E-state index in [0.29, 0.717) is 25.1 Å². The Bertz CT molecular complexity index is 1140. The third-order valence-electron chi connectivity index (χ3n) is 4.46. The molecule has 0 aliphatic rings. The summed E-state index contributed by atoms with van der Waals surface area (Å²) in [6, 6.07) is 9.34. The number of methoxy groups -OCH3 is 1. The number of nitrogens with zero attached hydrogens (tertiary/aromatic N) is 2. The van der Waals surface area contributed by atoms with Crippen LogP contribution in [0.15, 0.2) is 66.0 Å². The Hall–Kier alpha value is -2.81. The maximum Gasteiger partial charge on any atom is 0.269 e. The molecule has 0 atom stereocenters. The third-order valence-corrected chi connectivity index (χ3v) is 6.10. The predicted molar refractivity (Wildman–Crippen MR) is 115 cm³/mol. The smallest absolute Gasteiger partial charge is 0.269 e. The van der Waals surface area contributed by atoms with E-state index in [1.165, 1.54) is 18.5 Å². The quantitative estimate of drug-likeness (QED) is 0.525. The molecule has 0 saturated heterocycles. The van der Waals surface area contributed by atoms with Gasteiger partial charge in [0.15, 0.2) is 0 Å². The molecule has 6 nitrogen and oxygen atoms in total. The van der Waals surface area contributed by atoms with Crippen LogP contribution in [-0.4, -0.2) is 38.1 Å². The lowest BCUT2D eigenvalue weighted by Crippen LogP contribution is -2.14. The van der Waals surface area contributed by atoms with Gasteiger partial charge >= 0.3 is 0 Å². The van der Waals surface area contributed by atoms with Crippen molar-refractivity contribution in [2.45, 2.75) is 17.9 Å². The number of hydrogen-bond donors (Lipinski definition) is 1. The molecule has 158 valence electrons. The van der Waals surface area contributed by atoms with E-state index in [0.717, 1.165) is 9.54 Å². The minimum Gasteiger partial charge on any atom is -0.384 e. The van der Waals surface area contributed by atoms with Crippen molar-refractivity contribution in [2.75, 3.05) is 20.8 Å². The van der Waals surface area contributed by atoms with Crippen molar-refractivity contribution in [3.05, 3.63) is 78.0 Å². The van der Waals surface area contributed by atoms with Gasteiger partial charge in [-0.05, 0) is 48.9 Å². The molecule has 0 unspecified atom stereocenters. The molecule has 0 fully saturated rings. The first-order chi connectivity index (χ1) is 14.5. The molecule has 3 rings (SSSR count). The zero-order valence-corrected chi connectivity index (χ0v) is 17.7. The van der Waals surface area contributed by atoms with Crippen LogP contribution in [0.4, 0.5) is 4.39 Å². The highest BCUT2D eigenvalue weighted by Crippen LogP contribution is 2.29. The summed E-state index contributed by atoms with van der Waals surface area (Å²) >= 11 is 0. The van der Waals surface area contributed by atoms with Crippen LogP contribution in [0.25, 0.3) is 17.3 Å².